The van der Waals surface area contributed by atoms with Crippen LogP contribution in [0.3, 0.4) is 0 Å². The Morgan fingerprint density at radius 3 is 2.62 bits per heavy atom. The second-order valence-corrected chi connectivity index (χ2v) is 5.08. The maximum absolute atomic E-state index is 11.1. The molecule has 16 heavy (non-hydrogen) atoms. The van der Waals surface area contributed by atoms with E-state index in [0.717, 1.165) is 12.7 Å². The second-order valence-electron chi connectivity index (χ2n) is 3.34. The molecule has 0 bridgehead atoms. The highest BCUT2D eigenvalue weighted by Crippen LogP contribution is 2.14. The lowest BCUT2D eigenvalue weighted by atomic mass is 10.3. The van der Waals surface area contributed by atoms with Crippen LogP contribution in [-0.2, 0) is 16.4 Å². The monoisotopic (exact) mass is 245 g/mol. The SMILES string of the molecule is CCCc1nc(NS(C)(=O)=O)cc(OC)n1. The van der Waals surface area contributed by atoms with Crippen molar-refractivity contribution < 1.29 is 13.2 Å². The molecule has 0 amide bonds. The summed E-state index contributed by atoms with van der Waals surface area (Å²) in [6, 6.07) is 1.44. The Morgan fingerprint density at radius 1 is 1.44 bits per heavy atom. The molecule has 1 aromatic rings. The lowest BCUT2D eigenvalue weighted by Crippen LogP contribution is -2.12. The van der Waals surface area contributed by atoms with E-state index in [9.17, 15) is 8.42 Å². The van der Waals surface area contributed by atoms with E-state index in [-0.39, 0.29) is 5.82 Å². The van der Waals surface area contributed by atoms with Crippen LogP contribution in [0, 0.1) is 0 Å². The van der Waals surface area contributed by atoms with Crippen molar-refractivity contribution in [1.82, 2.24) is 9.97 Å². The summed E-state index contributed by atoms with van der Waals surface area (Å²) >= 11 is 0. The van der Waals surface area contributed by atoms with Crippen LogP contribution < -0.4 is 9.46 Å². The second kappa shape index (κ2) is 5.11. The normalized spacial score (nSPS) is 11.2. The Bertz CT molecular complexity index is 459. The van der Waals surface area contributed by atoms with Crippen molar-refractivity contribution in [3.63, 3.8) is 0 Å². The van der Waals surface area contributed by atoms with E-state index in [1.54, 1.807) is 0 Å². The van der Waals surface area contributed by atoms with Gasteiger partial charge in [-0.05, 0) is 6.42 Å². The van der Waals surface area contributed by atoms with Crippen LogP contribution in [0.15, 0.2) is 6.07 Å². The van der Waals surface area contributed by atoms with E-state index in [4.69, 9.17) is 4.74 Å². The van der Waals surface area contributed by atoms with E-state index in [1.165, 1.54) is 13.2 Å². The third kappa shape index (κ3) is 4.01. The average molecular weight is 245 g/mol. The molecule has 0 atom stereocenters. The van der Waals surface area contributed by atoms with Crippen LogP contribution in [0.5, 0.6) is 5.88 Å². The van der Waals surface area contributed by atoms with E-state index in [0.29, 0.717) is 18.1 Å². The largest absolute Gasteiger partial charge is 0.481 e. The number of nitrogens with zero attached hydrogens (tertiary/aromatic N) is 2. The van der Waals surface area contributed by atoms with Gasteiger partial charge in [0.25, 0.3) is 0 Å². The van der Waals surface area contributed by atoms with Gasteiger partial charge in [-0.25, -0.2) is 13.4 Å². The lowest BCUT2D eigenvalue weighted by Gasteiger charge is -2.07. The van der Waals surface area contributed by atoms with Crippen molar-refractivity contribution in [3.8, 4) is 5.88 Å². The number of hydrogen-bond acceptors (Lipinski definition) is 5. The topological polar surface area (TPSA) is 81.2 Å². The minimum absolute atomic E-state index is 0.234. The molecule has 1 rings (SSSR count). The van der Waals surface area contributed by atoms with Gasteiger partial charge in [0.05, 0.1) is 13.4 Å². The number of ether oxygens (including phenoxy) is 1. The molecule has 0 fully saturated rings. The van der Waals surface area contributed by atoms with Gasteiger partial charge in [-0.3, -0.25) is 4.72 Å². The summed E-state index contributed by atoms with van der Waals surface area (Å²) in [7, 11) is -1.86. The molecule has 90 valence electrons. The standard InChI is InChI=1S/C9H15N3O3S/c1-4-5-7-10-8(12-16(3,13)14)6-9(11-7)15-2/h6H,4-5H2,1-3H3,(H,10,11,12). The molecule has 1 N–H and O–H groups in total. The zero-order valence-corrected chi connectivity index (χ0v) is 10.3. The highest BCUT2D eigenvalue weighted by Gasteiger charge is 2.08. The summed E-state index contributed by atoms with van der Waals surface area (Å²) in [6.07, 6.45) is 2.63. The highest BCUT2D eigenvalue weighted by atomic mass is 32.2. The van der Waals surface area contributed by atoms with Gasteiger partial charge in [-0.15, -0.1) is 0 Å². The fraction of sp³-hybridized carbons (Fsp3) is 0.556. The Morgan fingerprint density at radius 2 is 2.12 bits per heavy atom. The summed E-state index contributed by atoms with van der Waals surface area (Å²) in [5, 5.41) is 0. The predicted molar refractivity (Wildman–Crippen MR) is 61.0 cm³/mol. The van der Waals surface area contributed by atoms with Gasteiger partial charge in [-0.1, -0.05) is 6.92 Å². The van der Waals surface area contributed by atoms with Crippen molar-refractivity contribution >= 4 is 15.8 Å². The van der Waals surface area contributed by atoms with Crippen LogP contribution in [-0.4, -0.2) is 31.8 Å². The zero-order chi connectivity index (χ0) is 12.2. The molecule has 0 saturated heterocycles. The molecular formula is C9H15N3O3S. The van der Waals surface area contributed by atoms with Gasteiger partial charge in [0, 0.05) is 12.5 Å². The summed E-state index contributed by atoms with van der Waals surface area (Å²) in [5.74, 6) is 1.15. The van der Waals surface area contributed by atoms with Crippen LogP contribution in [0.2, 0.25) is 0 Å². The van der Waals surface area contributed by atoms with Crippen LogP contribution >= 0.6 is 0 Å². The number of nitrogens with one attached hydrogen (secondary N) is 1. The van der Waals surface area contributed by atoms with Crippen molar-refractivity contribution in [2.75, 3.05) is 18.1 Å². The first-order valence-corrected chi connectivity index (χ1v) is 6.73. The number of rotatable bonds is 5. The molecule has 0 aliphatic carbocycles. The van der Waals surface area contributed by atoms with E-state index < -0.39 is 10.0 Å². The molecule has 7 heteroatoms. The lowest BCUT2D eigenvalue weighted by molar-refractivity contribution is 0.395. The average Bonchev–Trinajstić information content (AvgIpc) is 2.15. The molecule has 6 nitrogen and oxygen atoms in total. The van der Waals surface area contributed by atoms with Gasteiger partial charge in [-0.2, -0.15) is 4.98 Å². The Hall–Kier alpha value is -1.37. The number of aromatic nitrogens is 2. The first-order valence-electron chi connectivity index (χ1n) is 4.84. The van der Waals surface area contributed by atoms with Crippen molar-refractivity contribution in [2.24, 2.45) is 0 Å². The zero-order valence-electron chi connectivity index (χ0n) is 9.52. The number of methoxy groups -OCH3 is 1. The predicted octanol–water partition coefficient (Wildman–Crippen LogP) is 0.809. The fourth-order valence-corrected chi connectivity index (χ4v) is 1.64. The molecule has 0 aliphatic rings. The number of sulfonamides is 1. The number of anilines is 1. The van der Waals surface area contributed by atoms with Gasteiger partial charge >= 0.3 is 0 Å². The number of hydrogen-bond donors (Lipinski definition) is 1. The minimum atomic E-state index is -3.33. The van der Waals surface area contributed by atoms with E-state index >= 15 is 0 Å². The maximum Gasteiger partial charge on any atom is 0.230 e. The fourth-order valence-electron chi connectivity index (χ4n) is 1.15. The molecular weight excluding hydrogens is 230 g/mol. The van der Waals surface area contributed by atoms with E-state index in [1.807, 2.05) is 6.92 Å². The quantitative estimate of drug-likeness (QED) is 0.830. The third-order valence-corrected chi connectivity index (χ3v) is 2.30. The molecule has 0 aromatic carbocycles. The van der Waals surface area contributed by atoms with Crippen molar-refractivity contribution in [1.29, 1.82) is 0 Å². The summed E-state index contributed by atoms with van der Waals surface area (Å²) in [5.41, 5.74) is 0. The first-order chi connectivity index (χ1) is 7.44. The van der Waals surface area contributed by atoms with Crippen LogP contribution in [0.25, 0.3) is 0 Å². The Labute approximate surface area is 95.1 Å². The van der Waals surface area contributed by atoms with Gasteiger partial charge in [0.15, 0.2) is 0 Å². The summed E-state index contributed by atoms with van der Waals surface area (Å²) < 4.78 is 29.4. The minimum Gasteiger partial charge on any atom is -0.481 e. The highest BCUT2D eigenvalue weighted by molar-refractivity contribution is 7.92. The summed E-state index contributed by atoms with van der Waals surface area (Å²) in [6.45, 7) is 1.99. The molecule has 1 aromatic heterocycles. The molecule has 1 heterocycles. The maximum atomic E-state index is 11.1. The van der Waals surface area contributed by atoms with Crippen molar-refractivity contribution in [3.05, 3.63) is 11.9 Å². The Kier molecular flexibility index (Phi) is 4.05. The van der Waals surface area contributed by atoms with Crippen LogP contribution in [0.4, 0.5) is 5.82 Å². The summed E-state index contributed by atoms with van der Waals surface area (Å²) in [4.78, 5) is 8.18. The molecule has 0 radical (unpaired) electrons. The number of aryl methyl sites for hydroxylation is 1. The molecule has 0 aliphatic heterocycles. The van der Waals surface area contributed by atoms with Crippen molar-refractivity contribution in [2.45, 2.75) is 19.8 Å². The smallest absolute Gasteiger partial charge is 0.230 e. The molecule has 0 spiro atoms. The third-order valence-electron chi connectivity index (χ3n) is 1.72. The van der Waals surface area contributed by atoms with Gasteiger partial charge in [0.2, 0.25) is 15.9 Å². The van der Waals surface area contributed by atoms with Gasteiger partial charge in [0.1, 0.15) is 11.6 Å². The van der Waals surface area contributed by atoms with Crippen LogP contribution in [0.1, 0.15) is 19.2 Å². The van der Waals surface area contributed by atoms with Gasteiger partial charge < -0.3 is 4.74 Å². The molecule has 0 unspecified atom stereocenters. The first kappa shape index (κ1) is 12.7. The van der Waals surface area contributed by atoms with E-state index in [2.05, 4.69) is 14.7 Å². The molecule has 0 saturated carbocycles. The Balaban J connectivity index is 3.04.